The molecule has 16 heavy (non-hydrogen) atoms. The van der Waals surface area contributed by atoms with Crippen molar-refractivity contribution < 1.29 is 4.74 Å². The molecule has 0 bridgehead atoms. The second kappa shape index (κ2) is 4.46. The third kappa shape index (κ3) is 2.56. The first-order chi connectivity index (χ1) is 7.61. The van der Waals surface area contributed by atoms with Crippen LogP contribution in [0, 0.1) is 0 Å². The summed E-state index contributed by atoms with van der Waals surface area (Å²) >= 11 is 0. The summed E-state index contributed by atoms with van der Waals surface area (Å²) in [6, 6.07) is 6.64. The van der Waals surface area contributed by atoms with Crippen LogP contribution in [0.3, 0.4) is 0 Å². The van der Waals surface area contributed by atoms with Gasteiger partial charge in [-0.25, -0.2) is 0 Å². The van der Waals surface area contributed by atoms with Crippen molar-refractivity contribution in [2.24, 2.45) is 0 Å². The smallest absolute Gasteiger partial charge is 0.123 e. The Hall–Kier alpha value is -1.02. The van der Waals surface area contributed by atoms with Crippen molar-refractivity contribution in [2.45, 2.75) is 38.7 Å². The number of fused-ring (bicyclic) bond motifs is 1. The van der Waals surface area contributed by atoms with Gasteiger partial charge in [0.1, 0.15) is 11.4 Å². The molecule has 0 atom stereocenters. The normalized spacial score (nSPS) is 17.7. The van der Waals surface area contributed by atoms with Crippen LogP contribution in [0.25, 0.3) is 0 Å². The van der Waals surface area contributed by atoms with E-state index in [1.54, 1.807) is 0 Å². The van der Waals surface area contributed by atoms with E-state index in [0.29, 0.717) is 0 Å². The fraction of sp³-hybridized carbons (Fsp3) is 0.571. The number of benzene rings is 1. The molecular weight excluding hydrogens is 198 g/mol. The number of hydrogen-bond acceptors (Lipinski definition) is 2. The number of likely N-dealkylation sites (N-methyl/N-ethyl adjacent to an activating group) is 1. The third-order valence-corrected chi connectivity index (χ3v) is 3.18. The summed E-state index contributed by atoms with van der Waals surface area (Å²) in [6.07, 6.45) is 3.30. The molecule has 0 fully saturated rings. The Bertz CT molecular complexity index is 371. The van der Waals surface area contributed by atoms with Crippen LogP contribution in [-0.4, -0.2) is 19.2 Å². The van der Waals surface area contributed by atoms with Crippen LogP contribution in [0.4, 0.5) is 0 Å². The van der Waals surface area contributed by atoms with Crippen molar-refractivity contribution in [3.05, 3.63) is 29.3 Å². The summed E-state index contributed by atoms with van der Waals surface area (Å²) in [7, 11) is 1.98. The Balaban J connectivity index is 2.17. The summed E-state index contributed by atoms with van der Waals surface area (Å²) in [6.45, 7) is 5.34. The molecule has 1 aromatic carbocycles. The SMILES string of the molecule is CNCCc1ccc2c(c1)OC(C)(C)CC2. The maximum absolute atomic E-state index is 6.02. The molecule has 0 radical (unpaired) electrons. The van der Waals surface area contributed by atoms with Gasteiger partial charge >= 0.3 is 0 Å². The Kier molecular flexibility index (Phi) is 3.20. The molecule has 0 spiro atoms. The molecule has 0 amide bonds. The fourth-order valence-electron chi connectivity index (χ4n) is 2.11. The molecule has 0 aromatic heterocycles. The second-order valence-corrected chi connectivity index (χ2v) is 5.16. The Morgan fingerprint density at radius 3 is 2.94 bits per heavy atom. The van der Waals surface area contributed by atoms with E-state index in [2.05, 4.69) is 37.4 Å². The standard InChI is InChI=1S/C14H21NO/c1-14(2)8-6-12-5-4-11(7-9-15-3)10-13(12)16-14/h4-5,10,15H,6-9H2,1-3H3. The topological polar surface area (TPSA) is 21.3 Å². The van der Waals surface area contributed by atoms with Crippen LogP contribution in [0.2, 0.25) is 0 Å². The number of rotatable bonds is 3. The van der Waals surface area contributed by atoms with Crippen LogP contribution in [0.1, 0.15) is 31.4 Å². The van der Waals surface area contributed by atoms with Gasteiger partial charge in [-0.05, 0) is 63.9 Å². The lowest BCUT2D eigenvalue weighted by atomic mass is 9.93. The van der Waals surface area contributed by atoms with Gasteiger partial charge in [0.2, 0.25) is 0 Å². The molecular formula is C14H21NO. The Morgan fingerprint density at radius 1 is 1.38 bits per heavy atom. The molecule has 1 aliphatic heterocycles. The predicted molar refractivity (Wildman–Crippen MR) is 67.1 cm³/mol. The zero-order valence-electron chi connectivity index (χ0n) is 10.5. The first kappa shape index (κ1) is 11.5. The molecule has 0 saturated carbocycles. The monoisotopic (exact) mass is 219 g/mol. The van der Waals surface area contributed by atoms with Crippen LogP contribution in [0.5, 0.6) is 5.75 Å². The average Bonchev–Trinajstić information content (AvgIpc) is 2.24. The van der Waals surface area contributed by atoms with E-state index >= 15 is 0 Å². The fourth-order valence-corrected chi connectivity index (χ4v) is 2.11. The maximum Gasteiger partial charge on any atom is 0.123 e. The largest absolute Gasteiger partial charge is 0.488 e. The van der Waals surface area contributed by atoms with E-state index in [0.717, 1.165) is 31.6 Å². The van der Waals surface area contributed by atoms with Gasteiger partial charge in [0.05, 0.1) is 0 Å². The number of nitrogens with one attached hydrogen (secondary N) is 1. The van der Waals surface area contributed by atoms with Crippen LogP contribution in [0.15, 0.2) is 18.2 Å². The Labute approximate surface area is 98.0 Å². The molecule has 2 rings (SSSR count). The minimum atomic E-state index is -0.00533. The van der Waals surface area contributed by atoms with Gasteiger partial charge in [0.25, 0.3) is 0 Å². The Morgan fingerprint density at radius 2 is 2.19 bits per heavy atom. The molecule has 1 heterocycles. The van der Waals surface area contributed by atoms with Crippen molar-refractivity contribution in [3.63, 3.8) is 0 Å². The molecule has 2 nitrogen and oxygen atoms in total. The summed E-state index contributed by atoms with van der Waals surface area (Å²) in [5.74, 6) is 1.09. The lowest BCUT2D eigenvalue weighted by molar-refractivity contribution is 0.0846. The number of ether oxygens (including phenoxy) is 1. The van der Waals surface area contributed by atoms with Crippen molar-refractivity contribution >= 4 is 0 Å². The van der Waals surface area contributed by atoms with E-state index < -0.39 is 0 Å². The molecule has 0 unspecified atom stereocenters. The second-order valence-electron chi connectivity index (χ2n) is 5.16. The van der Waals surface area contributed by atoms with Gasteiger partial charge in [-0.2, -0.15) is 0 Å². The molecule has 0 saturated heterocycles. The van der Waals surface area contributed by atoms with Gasteiger partial charge < -0.3 is 10.1 Å². The van der Waals surface area contributed by atoms with Crippen molar-refractivity contribution in [1.82, 2.24) is 5.32 Å². The van der Waals surface area contributed by atoms with Crippen LogP contribution in [-0.2, 0) is 12.8 Å². The van der Waals surface area contributed by atoms with Crippen molar-refractivity contribution in [1.29, 1.82) is 0 Å². The highest BCUT2D eigenvalue weighted by molar-refractivity contribution is 5.39. The van der Waals surface area contributed by atoms with Crippen molar-refractivity contribution in [2.75, 3.05) is 13.6 Å². The highest BCUT2D eigenvalue weighted by Gasteiger charge is 2.26. The van der Waals surface area contributed by atoms with E-state index in [1.807, 2.05) is 7.05 Å². The molecule has 1 aromatic rings. The summed E-state index contributed by atoms with van der Waals surface area (Å²) in [5, 5.41) is 3.17. The van der Waals surface area contributed by atoms with E-state index in [4.69, 9.17) is 4.74 Å². The maximum atomic E-state index is 6.02. The molecule has 1 aliphatic rings. The van der Waals surface area contributed by atoms with E-state index in [-0.39, 0.29) is 5.60 Å². The first-order valence-electron chi connectivity index (χ1n) is 6.06. The van der Waals surface area contributed by atoms with E-state index in [9.17, 15) is 0 Å². The average molecular weight is 219 g/mol. The molecule has 2 heteroatoms. The predicted octanol–water partition coefficient (Wildman–Crippen LogP) is 2.55. The zero-order valence-corrected chi connectivity index (χ0v) is 10.5. The zero-order chi connectivity index (χ0) is 11.6. The van der Waals surface area contributed by atoms with Gasteiger partial charge in [0.15, 0.2) is 0 Å². The lowest BCUT2D eigenvalue weighted by Crippen LogP contribution is -2.32. The summed E-state index contributed by atoms with van der Waals surface area (Å²) in [5.41, 5.74) is 2.70. The number of hydrogen-bond donors (Lipinski definition) is 1. The summed E-state index contributed by atoms with van der Waals surface area (Å²) < 4.78 is 6.02. The van der Waals surface area contributed by atoms with Crippen LogP contribution >= 0.6 is 0 Å². The molecule has 1 N–H and O–H groups in total. The molecule has 88 valence electrons. The quantitative estimate of drug-likeness (QED) is 0.843. The van der Waals surface area contributed by atoms with Gasteiger partial charge in [0, 0.05) is 0 Å². The first-order valence-corrected chi connectivity index (χ1v) is 6.06. The minimum Gasteiger partial charge on any atom is -0.488 e. The third-order valence-electron chi connectivity index (χ3n) is 3.18. The highest BCUT2D eigenvalue weighted by atomic mass is 16.5. The number of aryl methyl sites for hydroxylation is 1. The van der Waals surface area contributed by atoms with Gasteiger partial charge in [-0.1, -0.05) is 12.1 Å². The van der Waals surface area contributed by atoms with Gasteiger partial charge in [-0.3, -0.25) is 0 Å². The molecule has 0 aliphatic carbocycles. The van der Waals surface area contributed by atoms with Crippen LogP contribution < -0.4 is 10.1 Å². The van der Waals surface area contributed by atoms with Gasteiger partial charge in [-0.15, -0.1) is 0 Å². The van der Waals surface area contributed by atoms with E-state index in [1.165, 1.54) is 11.1 Å². The van der Waals surface area contributed by atoms with Crippen molar-refractivity contribution in [3.8, 4) is 5.75 Å². The minimum absolute atomic E-state index is 0.00533. The lowest BCUT2D eigenvalue weighted by Gasteiger charge is -2.32. The summed E-state index contributed by atoms with van der Waals surface area (Å²) in [4.78, 5) is 0. The highest BCUT2D eigenvalue weighted by Crippen LogP contribution is 2.33.